The molecule has 1 unspecified atom stereocenters. The van der Waals surface area contributed by atoms with Gasteiger partial charge in [-0.25, -0.2) is 9.18 Å². The van der Waals surface area contributed by atoms with E-state index in [4.69, 9.17) is 9.47 Å². The van der Waals surface area contributed by atoms with Gasteiger partial charge in [-0.15, -0.1) is 0 Å². The predicted molar refractivity (Wildman–Crippen MR) is 111 cm³/mol. The second kappa shape index (κ2) is 10.3. The zero-order chi connectivity index (χ0) is 20.5. The summed E-state index contributed by atoms with van der Waals surface area (Å²) in [5.74, 6) is 0.752. The first-order chi connectivity index (χ1) is 14.2. The first kappa shape index (κ1) is 20.4. The van der Waals surface area contributed by atoms with Gasteiger partial charge in [0.05, 0.1) is 6.04 Å². The third kappa shape index (κ3) is 5.35. The first-order valence-electron chi connectivity index (χ1n) is 9.48. The highest BCUT2D eigenvalue weighted by molar-refractivity contribution is 5.73. The lowest BCUT2D eigenvalue weighted by atomic mass is 10.1. The van der Waals surface area contributed by atoms with Gasteiger partial charge in [0, 0.05) is 12.1 Å². The number of halogens is 1. The number of ether oxygens (including phenoxy) is 2. The molecule has 4 nitrogen and oxygen atoms in total. The molecule has 1 aliphatic rings. The number of carbonyl (C=O) groups excluding carboxylic acids is 1. The number of amides is 1. The van der Waals surface area contributed by atoms with Crippen LogP contribution < -0.4 is 4.74 Å². The van der Waals surface area contributed by atoms with E-state index in [1.54, 1.807) is 23.1 Å². The fourth-order valence-electron chi connectivity index (χ4n) is 3.16. The zero-order valence-corrected chi connectivity index (χ0v) is 16.2. The third-order valence-electron chi connectivity index (χ3n) is 4.59. The van der Waals surface area contributed by atoms with Crippen molar-refractivity contribution in [1.82, 2.24) is 4.90 Å². The Kier molecular flexibility index (Phi) is 7.22. The highest BCUT2D eigenvalue weighted by Crippen LogP contribution is 2.33. The monoisotopic (exact) mass is 393 g/mol. The molecule has 2 aromatic carbocycles. The van der Waals surface area contributed by atoms with Crippen molar-refractivity contribution < 1.29 is 18.7 Å². The van der Waals surface area contributed by atoms with E-state index in [0.717, 1.165) is 16.9 Å². The van der Waals surface area contributed by atoms with E-state index in [0.29, 0.717) is 18.7 Å². The first-order valence-corrected chi connectivity index (χ1v) is 9.48. The second-order valence-corrected chi connectivity index (χ2v) is 6.53. The Morgan fingerprint density at radius 1 is 1.17 bits per heavy atom. The van der Waals surface area contributed by atoms with Crippen molar-refractivity contribution >= 4 is 6.09 Å². The Hall–Kier alpha value is -3.34. The zero-order valence-electron chi connectivity index (χ0n) is 16.2. The summed E-state index contributed by atoms with van der Waals surface area (Å²) in [6, 6.07) is 17.3. The van der Waals surface area contributed by atoms with Crippen molar-refractivity contribution in [2.45, 2.75) is 19.1 Å². The minimum absolute atomic E-state index is 0.254. The summed E-state index contributed by atoms with van der Waals surface area (Å²) in [6.07, 6.45) is 6.48. The van der Waals surface area contributed by atoms with E-state index in [1.807, 2.05) is 54.6 Å². The van der Waals surface area contributed by atoms with E-state index in [1.165, 1.54) is 6.08 Å². The predicted octanol–water partition coefficient (Wildman–Crippen LogP) is 5.74. The maximum Gasteiger partial charge on any atom is 0.414 e. The third-order valence-corrected chi connectivity index (χ3v) is 4.59. The summed E-state index contributed by atoms with van der Waals surface area (Å²) < 4.78 is 23.5. The van der Waals surface area contributed by atoms with Gasteiger partial charge in [0.2, 0.25) is 0 Å². The van der Waals surface area contributed by atoms with Gasteiger partial charge in [-0.2, -0.15) is 0 Å². The fourth-order valence-corrected chi connectivity index (χ4v) is 3.16. The minimum Gasteiger partial charge on any atom is -0.489 e. The van der Waals surface area contributed by atoms with Gasteiger partial charge in [-0.3, -0.25) is 4.90 Å². The molecule has 1 saturated heterocycles. The summed E-state index contributed by atoms with van der Waals surface area (Å²) in [7, 11) is 0. The lowest BCUT2D eigenvalue weighted by Crippen LogP contribution is -2.26. The van der Waals surface area contributed by atoms with Crippen molar-refractivity contribution in [3.8, 4) is 5.75 Å². The van der Waals surface area contributed by atoms with Gasteiger partial charge in [0.15, 0.2) is 0 Å². The number of cyclic esters (lactones) is 1. The lowest BCUT2D eigenvalue weighted by Gasteiger charge is -2.24. The van der Waals surface area contributed by atoms with Crippen LogP contribution in [0, 0.1) is 0 Å². The number of carbonyl (C=O) groups is 1. The molecule has 150 valence electrons. The molecule has 1 fully saturated rings. The summed E-state index contributed by atoms with van der Waals surface area (Å²) >= 11 is 0. The van der Waals surface area contributed by atoms with E-state index < -0.39 is 12.8 Å². The number of rotatable bonds is 9. The Labute approximate surface area is 170 Å². The molecule has 0 spiro atoms. The molecule has 0 bridgehead atoms. The largest absolute Gasteiger partial charge is 0.489 e. The van der Waals surface area contributed by atoms with Gasteiger partial charge < -0.3 is 9.47 Å². The number of hydrogen-bond acceptors (Lipinski definition) is 3. The quantitative estimate of drug-likeness (QED) is 0.402. The number of alkyl halides is 1. The van der Waals surface area contributed by atoms with Crippen LogP contribution >= 0.6 is 0 Å². The highest BCUT2D eigenvalue weighted by Gasteiger charge is 2.36. The van der Waals surface area contributed by atoms with Crippen LogP contribution in [0.5, 0.6) is 5.75 Å². The molecule has 5 heteroatoms. The molecular weight excluding hydrogens is 369 g/mol. The van der Waals surface area contributed by atoms with Crippen molar-refractivity contribution in [2.75, 3.05) is 13.3 Å². The smallest absolute Gasteiger partial charge is 0.414 e. The van der Waals surface area contributed by atoms with Crippen LogP contribution in [0.3, 0.4) is 0 Å². The van der Waals surface area contributed by atoms with E-state index in [2.05, 4.69) is 6.58 Å². The van der Waals surface area contributed by atoms with Gasteiger partial charge >= 0.3 is 6.09 Å². The van der Waals surface area contributed by atoms with Crippen LogP contribution in [0.4, 0.5) is 9.18 Å². The summed E-state index contributed by atoms with van der Waals surface area (Å²) in [5, 5.41) is 0. The van der Waals surface area contributed by atoms with Crippen LogP contribution in [-0.2, 0) is 11.3 Å². The van der Waals surface area contributed by atoms with Crippen molar-refractivity contribution in [3.63, 3.8) is 0 Å². The maximum absolute atomic E-state index is 12.4. The van der Waals surface area contributed by atoms with Gasteiger partial charge in [-0.05, 0) is 29.3 Å². The Bertz CT molecular complexity index is 875. The SMILES string of the molecule is C=C/C=C(\C/C=C\CF)N1C(=O)OCC1c1ccc(OCc2ccccc2)cc1. The number of hydrogen-bond donors (Lipinski definition) is 0. The van der Waals surface area contributed by atoms with Crippen molar-refractivity contribution in [2.24, 2.45) is 0 Å². The Morgan fingerprint density at radius 3 is 2.62 bits per heavy atom. The van der Waals surface area contributed by atoms with Gasteiger partial charge in [0.25, 0.3) is 0 Å². The molecule has 3 rings (SSSR count). The molecule has 0 aromatic heterocycles. The minimum atomic E-state index is -0.542. The van der Waals surface area contributed by atoms with Gasteiger partial charge in [-0.1, -0.05) is 67.3 Å². The average molecular weight is 393 g/mol. The van der Waals surface area contributed by atoms with Crippen LogP contribution in [-0.4, -0.2) is 24.3 Å². The molecule has 0 radical (unpaired) electrons. The van der Waals surface area contributed by atoms with E-state index in [-0.39, 0.29) is 12.6 Å². The summed E-state index contributed by atoms with van der Waals surface area (Å²) in [6.45, 7) is 3.91. The van der Waals surface area contributed by atoms with Crippen LogP contribution in [0.2, 0.25) is 0 Å². The molecule has 1 amide bonds. The Balaban J connectivity index is 1.72. The molecule has 0 saturated carbocycles. The molecular formula is C24H24FNO3. The maximum atomic E-state index is 12.4. The normalized spacial score (nSPS) is 16.9. The molecule has 0 N–H and O–H groups in total. The van der Waals surface area contributed by atoms with Crippen molar-refractivity contribution in [1.29, 1.82) is 0 Å². The standard InChI is InChI=1S/C24H24FNO3/c1-2-8-21(11-6-7-16-25)26-23(18-29-24(26)27)20-12-14-22(15-13-20)28-17-19-9-4-3-5-10-19/h2-10,12-15,23H,1,11,16-18H2/b7-6-,21-8+. The second-order valence-electron chi connectivity index (χ2n) is 6.53. The van der Waals surface area contributed by atoms with Crippen molar-refractivity contribution in [3.05, 3.63) is 102 Å². The van der Waals surface area contributed by atoms with Gasteiger partial charge in [0.1, 0.15) is 25.6 Å². The molecule has 1 heterocycles. The average Bonchev–Trinajstić information content (AvgIpc) is 3.14. The van der Waals surface area contributed by atoms with Crippen LogP contribution in [0.1, 0.15) is 23.6 Å². The Morgan fingerprint density at radius 2 is 1.93 bits per heavy atom. The van der Waals surface area contributed by atoms with Crippen LogP contribution in [0.25, 0.3) is 0 Å². The summed E-state index contributed by atoms with van der Waals surface area (Å²) in [4.78, 5) is 13.9. The number of allylic oxidation sites excluding steroid dienone is 4. The molecule has 29 heavy (non-hydrogen) atoms. The lowest BCUT2D eigenvalue weighted by molar-refractivity contribution is 0.164. The fraction of sp³-hybridized carbons (Fsp3) is 0.208. The van der Waals surface area contributed by atoms with Crippen LogP contribution in [0.15, 0.2) is 91.2 Å². The number of benzene rings is 2. The van der Waals surface area contributed by atoms with E-state index >= 15 is 0 Å². The molecule has 2 aromatic rings. The summed E-state index contributed by atoms with van der Waals surface area (Å²) in [5.41, 5.74) is 2.74. The molecule has 1 aliphatic heterocycles. The topological polar surface area (TPSA) is 38.8 Å². The molecule has 0 aliphatic carbocycles. The molecule has 1 atom stereocenters. The highest BCUT2D eigenvalue weighted by atomic mass is 19.1. The van der Waals surface area contributed by atoms with E-state index in [9.17, 15) is 9.18 Å². The number of nitrogens with zero attached hydrogens (tertiary/aromatic N) is 1.